The Hall–Kier alpha value is 0.240. The van der Waals surface area contributed by atoms with E-state index in [1.54, 1.807) is 0 Å². The fourth-order valence-electron chi connectivity index (χ4n) is 6.64. The van der Waals surface area contributed by atoms with Crippen LogP contribution in [0.1, 0.15) is 156 Å². The Morgan fingerprint density at radius 3 is 1.71 bits per heavy atom. The zero-order valence-electron chi connectivity index (χ0n) is 28.7. The SMILES string of the molecule is CCCCCCCCCCC(C)OCC[N+]1(C(CCCN)COC(C)CCCCCCCCCC)CCNCC1N.[Br-]. The first-order valence-corrected chi connectivity index (χ1v) is 18.3. The second-order valence-electron chi connectivity index (χ2n) is 13.3. The number of unbranched alkanes of at least 4 members (excludes halogenated alkanes) is 14. The molecule has 254 valence electrons. The highest BCUT2D eigenvalue weighted by Gasteiger charge is 2.43. The number of nitrogens with zero attached hydrogens (tertiary/aromatic N) is 1. The molecule has 0 radical (unpaired) electrons. The number of piperazine rings is 1. The Labute approximate surface area is 273 Å². The fraction of sp³-hybridized carbons (Fsp3) is 1.00. The molecule has 1 aliphatic rings. The molecule has 42 heavy (non-hydrogen) atoms. The highest BCUT2D eigenvalue weighted by atomic mass is 79.9. The van der Waals surface area contributed by atoms with Crippen molar-refractivity contribution in [3.63, 3.8) is 0 Å². The largest absolute Gasteiger partial charge is 1.00 e. The maximum absolute atomic E-state index is 6.89. The van der Waals surface area contributed by atoms with E-state index >= 15 is 0 Å². The Bertz CT molecular complexity index is 573. The van der Waals surface area contributed by atoms with Crippen LogP contribution < -0.4 is 33.8 Å². The van der Waals surface area contributed by atoms with E-state index in [9.17, 15) is 0 Å². The summed E-state index contributed by atoms with van der Waals surface area (Å²) in [5, 5.41) is 3.53. The van der Waals surface area contributed by atoms with Crippen molar-refractivity contribution >= 4 is 0 Å². The Kier molecular flexibility index (Phi) is 28.9. The molecular weight excluding hydrogens is 588 g/mol. The summed E-state index contributed by atoms with van der Waals surface area (Å²) in [4.78, 5) is 0. The molecule has 0 aliphatic carbocycles. The van der Waals surface area contributed by atoms with E-state index in [-0.39, 0.29) is 23.1 Å². The van der Waals surface area contributed by atoms with Gasteiger partial charge in [-0.2, -0.15) is 0 Å². The monoisotopic (exact) mass is 663 g/mol. The molecule has 1 saturated heterocycles. The van der Waals surface area contributed by atoms with Crippen LogP contribution in [-0.2, 0) is 9.47 Å². The molecule has 0 saturated carbocycles. The number of hydrogen-bond acceptors (Lipinski definition) is 5. The van der Waals surface area contributed by atoms with Gasteiger partial charge in [-0.25, -0.2) is 0 Å². The van der Waals surface area contributed by atoms with Gasteiger partial charge in [0.2, 0.25) is 0 Å². The van der Waals surface area contributed by atoms with Crippen molar-refractivity contribution in [3.05, 3.63) is 0 Å². The van der Waals surface area contributed by atoms with Crippen LogP contribution in [0.3, 0.4) is 0 Å². The van der Waals surface area contributed by atoms with Gasteiger partial charge in [-0.1, -0.05) is 117 Å². The first-order chi connectivity index (χ1) is 20.0. The minimum atomic E-state index is 0. The molecule has 0 aromatic rings. The highest BCUT2D eigenvalue weighted by molar-refractivity contribution is 4.73. The summed E-state index contributed by atoms with van der Waals surface area (Å²) in [7, 11) is 0. The zero-order valence-corrected chi connectivity index (χ0v) is 30.3. The van der Waals surface area contributed by atoms with Crippen LogP contribution in [0.25, 0.3) is 0 Å². The van der Waals surface area contributed by atoms with Crippen molar-refractivity contribution in [1.82, 2.24) is 5.32 Å². The van der Waals surface area contributed by atoms with Gasteiger partial charge in [-0.15, -0.1) is 0 Å². The molecule has 0 bridgehead atoms. The molecule has 6 nitrogen and oxygen atoms in total. The lowest BCUT2D eigenvalue weighted by molar-refractivity contribution is -0.976. The van der Waals surface area contributed by atoms with Gasteiger partial charge < -0.3 is 42.0 Å². The third-order valence-corrected chi connectivity index (χ3v) is 9.60. The second-order valence-corrected chi connectivity index (χ2v) is 13.3. The van der Waals surface area contributed by atoms with E-state index in [1.807, 2.05) is 0 Å². The minimum absolute atomic E-state index is 0. The summed E-state index contributed by atoms with van der Waals surface area (Å²) in [5.41, 5.74) is 12.9. The molecule has 5 N–H and O–H groups in total. The van der Waals surface area contributed by atoms with E-state index in [4.69, 9.17) is 20.9 Å². The summed E-state index contributed by atoms with van der Waals surface area (Å²) in [6.45, 7) is 15.3. The molecule has 0 aromatic carbocycles. The third-order valence-electron chi connectivity index (χ3n) is 9.60. The van der Waals surface area contributed by atoms with Gasteiger partial charge in [-0.05, 0) is 39.7 Å². The number of nitrogens with one attached hydrogen (secondary N) is 1. The fourth-order valence-corrected chi connectivity index (χ4v) is 6.64. The predicted octanol–water partition coefficient (Wildman–Crippen LogP) is 4.67. The van der Waals surface area contributed by atoms with Gasteiger partial charge in [0.05, 0.1) is 38.5 Å². The maximum Gasteiger partial charge on any atom is 0.153 e. The lowest BCUT2D eigenvalue weighted by Gasteiger charge is -2.51. The van der Waals surface area contributed by atoms with Crippen molar-refractivity contribution in [2.45, 2.75) is 181 Å². The topological polar surface area (TPSA) is 82.5 Å². The number of quaternary nitrogens is 1. The van der Waals surface area contributed by atoms with Crippen molar-refractivity contribution < 1.29 is 30.9 Å². The van der Waals surface area contributed by atoms with Gasteiger partial charge >= 0.3 is 0 Å². The lowest BCUT2D eigenvalue weighted by atomic mass is 10.0. The second kappa shape index (κ2) is 28.7. The molecule has 5 unspecified atom stereocenters. The van der Waals surface area contributed by atoms with Crippen LogP contribution in [0.5, 0.6) is 0 Å². The van der Waals surface area contributed by atoms with Crippen LogP contribution in [0, 0.1) is 0 Å². The van der Waals surface area contributed by atoms with Crippen molar-refractivity contribution in [3.8, 4) is 0 Å². The molecule has 1 aliphatic heterocycles. The highest BCUT2D eigenvalue weighted by Crippen LogP contribution is 2.25. The van der Waals surface area contributed by atoms with Crippen LogP contribution in [0.15, 0.2) is 0 Å². The van der Waals surface area contributed by atoms with E-state index < -0.39 is 0 Å². The molecule has 1 fully saturated rings. The molecule has 0 spiro atoms. The molecule has 1 rings (SSSR count). The minimum Gasteiger partial charge on any atom is -1.00 e. The number of nitrogens with two attached hydrogens (primary N) is 2. The molecule has 7 heteroatoms. The average Bonchev–Trinajstić information content (AvgIpc) is 2.97. The van der Waals surface area contributed by atoms with Gasteiger partial charge in [0.15, 0.2) is 6.17 Å². The normalized spacial score (nSPS) is 21.1. The van der Waals surface area contributed by atoms with E-state index in [0.717, 1.165) is 69.7 Å². The molecule has 5 atom stereocenters. The standard InChI is InChI=1S/C35H75N4O2.BrH/c1-5-7-9-11-13-15-17-19-22-32(3)40-29-28-39(27-26-38-30-35(39)37)34(24-21-25-36)31-41-33(4)23-20-18-16-14-12-10-8-6-2;/h32-35,38H,5-31,36-37H2,1-4H3;1H/q+1;/p-1. The summed E-state index contributed by atoms with van der Waals surface area (Å²) >= 11 is 0. The zero-order chi connectivity index (χ0) is 30.0. The number of ether oxygens (including phenoxy) is 2. The first-order valence-electron chi connectivity index (χ1n) is 18.3. The van der Waals surface area contributed by atoms with Gasteiger partial charge in [0.25, 0.3) is 0 Å². The van der Waals surface area contributed by atoms with Crippen molar-refractivity contribution in [2.75, 3.05) is 45.9 Å². The summed E-state index contributed by atoms with van der Waals surface area (Å²) < 4.78 is 13.9. The van der Waals surface area contributed by atoms with E-state index in [0.29, 0.717) is 18.2 Å². The summed E-state index contributed by atoms with van der Waals surface area (Å²) in [6.07, 6.45) is 26.9. The van der Waals surface area contributed by atoms with E-state index in [2.05, 4.69) is 33.0 Å². The number of hydrogen-bond donors (Lipinski definition) is 3. The average molecular weight is 664 g/mol. The molecule has 0 aromatic heterocycles. The van der Waals surface area contributed by atoms with Crippen LogP contribution in [0.4, 0.5) is 0 Å². The van der Waals surface area contributed by atoms with Crippen LogP contribution >= 0.6 is 0 Å². The van der Waals surface area contributed by atoms with Gasteiger partial charge in [0.1, 0.15) is 12.6 Å². The smallest absolute Gasteiger partial charge is 0.153 e. The van der Waals surface area contributed by atoms with Crippen molar-refractivity contribution in [2.24, 2.45) is 11.5 Å². The van der Waals surface area contributed by atoms with Crippen LogP contribution in [0.2, 0.25) is 0 Å². The third kappa shape index (κ3) is 19.6. The van der Waals surface area contributed by atoms with Crippen molar-refractivity contribution in [1.29, 1.82) is 0 Å². The van der Waals surface area contributed by atoms with E-state index in [1.165, 1.54) is 109 Å². The number of rotatable bonds is 29. The Morgan fingerprint density at radius 1 is 0.714 bits per heavy atom. The lowest BCUT2D eigenvalue weighted by Crippen LogP contribution is -3.00. The summed E-state index contributed by atoms with van der Waals surface area (Å²) in [6, 6.07) is 0.378. The van der Waals surface area contributed by atoms with Gasteiger partial charge in [0, 0.05) is 13.0 Å². The van der Waals surface area contributed by atoms with Gasteiger partial charge in [-0.3, -0.25) is 5.73 Å². The Balaban J connectivity index is 0.0000168. The molecule has 0 amide bonds. The summed E-state index contributed by atoms with van der Waals surface area (Å²) in [5.74, 6) is 0. The predicted molar refractivity (Wildman–Crippen MR) is 178 cm³/mol. The maximum atomic E-state index is 6.89. The molecular formula is C35H75BrN4O2. The molecule has 1 heterocycles. The van der Waals surface area contributed by atoms with Crippen LogP contribution in [-0.4, -0.2) is 74.8 Å². The number of halogens is 1. The quantitative estimate of drug-likeness (QED) is 0.0801. The Morgan fingerprint density at radius 2 is 1.21 bits per heavy atom. The first kappa shape index (κ1) is 42.2.